The van der Waals surface area contributed by atoms with Crippen LogP contribution in [0.15, 0.2) is 24.3 Å². The lowest BCUT2D eigenvalue weighted by atomic mass is 10.1. The maximum Gasteiger partial charge on any atom is 0.309 e. The van der Waals surface area contributed by atoms with Gasteiger partial charge in [0.2, 0.25) is 0 Å². The number of benzene rings is 1. The zero-order chi connectivity index (χ0) is 13.5. The van der Waals surface area contributed by atoms with Crippen LogP contribution < -0.4 is 5.32 Å². The van der Waals surface area contributed by atoms with Crippen molar-refractivity contribution >= 4 is 5.97 Å². The fraction of sp³-hybridized carbons (Fsp3) is 0.500. The molecule has 0 aliphatic carbocycles. The lowest BCUT2D eigenvalue weighted by Gasteiger charge is -2.17. The molecule has 0 aliphatic heterocycles. The van der Waals surface area contributed by atoms with E-state index in [9.17, 15) is 9.18 Å². The van der Waals surface area contributed by atoms with Gasteiger partial charge in [0.15, 0.2) is 0 Å². The van der Waals surface area contributed by atoms with Crippen molar-refractivity contribution in [2.75, 3.05) is 13.2 Å². The highest BCUT2D eigenvalue weighted by atomic mass is 19.1. The highest BCUT2D eigenvalue weighted by Crippen LogP contribution is 2.13. The second-order valence-electron chi connectivity index (χ2n) is 4.33. The molecule has 0 saturated heterocycles. The van der Waals surface area contributed by atoms with Gasteiger partial charge in [0.25, 0.3) is 0 Å². The van der Waals surface area contributed by atoms with Gasteiger partial charge in [-0.1, -0.05) is 19.1 Å². The van der Waals surface area contributed by atoms with Gasteiger partial charge in [-0.2, -0.15) is 0 Å². The molecular formula is C14H20FNO2. The molecule has 1 unspecified atom stereocenters. The van der Waals surface area contributed by atoms with Crippen molar-refractivity contribution in [2.45, 2.75) is 26.8 Å². The van der Waals surface area contributed by atoms with Gasteiger partial charge in [-0.05, 0) is 31.5 Å². The van der Waals surface area contributed by atoms with Crippen molar-refractivity contribution in [3.8, 4) is 0 Å². The molecular weight excluding hydrogens is 233 g/mol. The van der Waals surface area contributed by atoms with Crippen LogP contribution in [0.4, 0.5) is 4.39 Å². The van der Waals surface area contributed by atoms with Crippen molar-refractivity contribution in [1.29, 1.82) is 0 Å². The zero-order valence-electron chi connectivity index (χ0n) is 11.1. The number of halogens is 1. The SMILES string of the molecule is CCOC(=O)C(C)CN[C@@H](C)c1ccc(F)cc1. The van der Waals surface area contributed by atoms with Gasteiger partial charge in [-0.15, -0.1) is 0 Å². The molecule has 2 atom stereocenters. The topological polar surface area (TPSA) is 38.3 Å². The third-order valence-corrected chi connectivity index (χ3v) is 2.79. The number of hydrogen-bond acceptors (Lipinski definition) is 3. The summed E-state index contributed by atoms with van der Waals surface area (Å²) in [6.07, 6.45) is 0. The first-order valence-electron chi connectivity index (χ1n) is 6.20. The molecule has 1 aromatic carbocycles. The number of nitrogens with one attached hydrogen (secondary N) is 1. The van der Waals surface area contributed by atoms with E-state index in [1.54, 1.807) is 19.1 Å². The summed E-state index contributed by atoms with van der Waals surface area (Å²) in [6, 6.07) is 6.41. The first kappa shape index (κ1) is 14.6. The van der Waals surface area contributed by atoms with Crippen molar-refractivity contribution < 1.29 is 13.9 Å². The van der Waals surface area contributed by atoms with Crippen LogP contribution in [0.25, 0.3) is 0 Å². The van der Waals surface area contributed by atoms with Gasteiger partial charge in [0.1, 0.15) is 5.82 Å². The van der Waals surface area contributed by atoms with Crippen LogP contribution >= 0.6 is 0 Å². The Labute approximate surface area is 107 Å². The molecule has 18 heavy (non-hydrogen) atoms. The van der Waals surface area contributed by atoms with Gasteiger partial charge >= 0.3 is 5.97 Å². The third kappa shape index (κ3) is 4.45. The molecule has 3 nitrogen and oxygen atoms in total. The van der Waals surface area contributed by atoms with Gasteiger partial charge in [-0.25, -0.2) is 4.39 Å². The lowest BCUT2D eigenvalue weighted by Crippen LogP contribution is -2.29. The van der Waals surface area contributed by atoms with Gasteiger partial charge < -0.3 is 10.1 Å². The predicted octanol–water partition coefficient (Wildman–Crippen LogP) is 2.68. The molecule has 0 bridgehead atoms. The molecule has 0 aromatic heterocycles. The largest absolute Gasteiger partial charge is 0.466 e. The number of hydrogen-bond donors (Lipinski definition) is 1. The van der Waals surface area contributed by atoms with E-state index in [-0.39, 0.29) is 23.7 Å². The van der Waals surface area contributed by atoms with E-state index >= 15 is 0 Å². The highest BCUT2D eigenvalue weighted by molar-refractivity contribution is 5.72. The first-order valence-corrected chi connectivity index (χ1v) is 6.20. The van der Waals surface area contributed by atoms with Crippen LogP contribution in [-0.4, -0.2) is 19.1 Å². The van der Waals surface area contributed by atoms with Crippen LogP contribution in [0.2, 0.25) is 0 Å². The van der Waals surface area contributed by atoms with Crippen molar-refractivity contribution in [3.63, 3.8) is 0 Å². The van der Waals surface area contributed by atoms with Crippen LogP contribution in [0.1, 0.15) is 32.4 Å². The maximum absolute atomic E-state index is 12.8. The van der Waals surface area contributed by atoms with E-state index in [1.807, 2.05) is 13.8 Å². The van der Waals surface area contributed by atoms with E-state index < -0.39 is 0 Å². The van der Waals surface area contributed by atoms with Crippen LogP contribution in [0.5, 0.6) is 0 Å². The normalized spacial score (nSPS) is 14.0. The molecule has 0 amide bonds. The fourth-order valence-electron chi connectivity index (χ4n) is 1.59. The summed E-state index contributed by atoms with van der Waals surface area (Å²) in [4.78, 5) is 11.4. The Morgan fingerprint density at radius 2 is 1.94 bits per heavy atom. The fourth-order valence-corrected chi connectivity index (χ4v) is 1.59. The first-order chi connectivity index (χ1) is 8.54. The average Bonchev–Trinajstić information content (AvgIpc) is 2.36. The quantitative estimate of drug-likeness (QED) is 0.792. The number of carbonyl (C=O) groups excluding carboxylic acids is 1. The summed E-state index contributed by atoms with van der Waals surface area (Å²) in [6.45, 7) is 6.53. The number of esters is 1. The Morgan fingerprint density at radius 3 is 2.50 bits per heavy atom. The third-order valence-electron chi connectivity index (χ3n) is 2.79. The minimum Gasteiger partial charge on any atom is -0.466 e. The molecule has 4 heteroatoms. The van der Waals surface area contributed by atoms with E-state index in [2.05, 4.69) is 5.32 Å². The number of rotatable bonds is 6. The van der Waals surface area contributed by atoms with Gasteiger partial charge in [0, 0.05) is 12.6 Å². The zero-order valence-corrected chi connectivity index (χ0v) is 11.1. The molecule has 0 fully saturated rings. The number of carbonyl (C=O) groups is 1. The maximum atomic E-state index is 12.8. The Kier molecular flexibility index (Phi) is 5.78. The standard InChI is InChI=1S/C14H20FNO2/c1-4-18-14(17)10(2)9-16-11(3)12-5-7-13(15)8-6-12/h5-8,10-11,16H,4,9H2,1-3H3/t10?,11-/m0/s1. The van der Waals surface area contributed by atoms with Crippen molar-refractivity contribution in [3.05, 3.63) is 35.6 Å². The van der Waals surface area contributed by atoms with Crippen molar-refractivity contribution in [2.24, 2.45) is 5.92 Å². The average molecular weight is 253 g/mol. The molecule has 0 heterocycles. The minimum absolute atomic E-state index is 0.0717. The minimum atomic E-state index is -0.245. The molecule has 0 aliphatic rings. The van der Waals surface area contributed by atoms with E-state index in [1.165, 1.54) is 12.1 Å². The Morgan fingerprint density at radius 1 is 1.33 bits per heavy atom. The van der Waals surface area contributed by atoms with Crippen LogP contribution in [-0.2, 0) is 9.53 Å². The summed E-state index contributed by atoms with van der Waals surface area (Å²) in [5, 5.41) is 3.23. The molecule has 1 aromatic rings. The summed E-state index contributed by atoms with van der Waals surface area (Å²) < 4.78 is 17.7. The smallest absolute Gasteiger partial charge is 0.309 e. The summed E-state index contributed by atoms with van der Waals surface area (Å²) in [7, 11) is 0. The van der Waals surface area contributed by atoms with Crippen LogP contribution in [0, 0.1) is 11.7 Å². The monoisotopic (exact) mass is 253 g/mol. The van der Waals surface area contributed by atoms with Crippen LogP contribution in [0.3, 0.4) is 0 Å². The van der Waals surface area contributed by atoms with E-state index in [0.29, 0.717) is 13.2 Å². The number of ether oxygens (including phenoxy) is 1. The lowest BCUT2D eigenvalue weighted by molar-refractivity contribution is -0.147. The molecule has 0 saturated carbocycles. The summed E-state index contributed by atoms with van der Waals surface area (Å²) in [5.74, 6) is -0.630. The van der Waals surface area contributed by atoms with Crippen molar-refractivity contribution in [1.82, 2.24) is 5.32 Å². The molecule has 0 spiro atoms. The Hall–Kier alpha value is -1.42. The molecule has 1 N–H and O–H groups in total. The van der Waals surface area contributed by atoms with Gasteiger partial charge in [0.05, 0.1) is 12.5 Å². The van der Waals surface area contributed by atoms with Gasteiger partial charge in [-0.3, -0.25) is 4.79 Å². The Bertz CT molecular complexity index is 378. The van der Waals surface area contributed by atoms with E-state index in [0.717, 1.165) is 5.56 Å². The summed E-state index contributed by atoms with van der Waals surface area (Å²) >= 11 is 0. The second kappa shape index (κ2) is 7.11. The predicted molar refractivity (Wildman–Crippen MR) is 68.6 cm³/mol. The second-order valence-corrected chi connectivity index (χ2v) is 4.33. The molecule has 100 valence electrons. The highest BCUT2D eigenvalue weighted by Gasteiger charge is 2.15. The molecule has 0 radical (unpaired) electrons. The summed E-state index contributed by atoms with van der Waals surface area (Å²) in [5.41, 5.74) is 0.993. The van der Waals surface area contributed by atoms with E-state index in [4.69, 9.17) is 4.74 Å². The molecule has 1 rings (SSSR count). The Balaban J connectivity index is 2.43.